The van der Waals surface area contributed by atoms with Crippen LogP contribution in [0.15, 0.2) is 36.4 Å². The van der Waals surface area contributed by atoms with E-state index in [0.717, 1.165) is 11.1 Å². The van der Waals surface area contributed by atoms with Gasteiger partial charge in [-0.3, -0.25) is 4.79 Å². The number of phenolic OH excluding ortho intramolecular Hbond substituents is 2. The molecule has 5 nitrogen and oxygen atoms in total. The second kappa shape index (κ2) is 6.65. The molecule has 1 aliphatic rings. The molecule has 0 bridgehead atoms. The van der Waals surface area contributed by atoms with E-state index in [4.69, 9.17) is 4.74 Å². The van der Waals surface area contributed by atoms with Crippen LogP contribution < -0.4 is 4.74 Å². The van der Waals surface area contributed by atoms with Crippen molar-refractivity contribution < 1.29 is 24.9 Å². The molecule has 0 radical (unpaired) electrons. The standard InChI is InChI=1S/C21H24O5/c1-21(2,25)17-10-16-14(8-9-18(23)20(16)26-3)15(17)11-19(24)12-4-6-13(22)7-5-12/h4-9,15,17,22-23,25H,10-11H2,1-3H3/t15-,17-/m1/s1. The van der Waals surface area contributed by atoms with Crippen molar-refractivity contribution in [1.82, 2.24) is 0 Å². The Morgan fingerprint density at radius 2 is 1.81 bits per heavy atom. The Kier molecular flexibility index (Phi) is 4.67. The van der Waals surface area contributed by atoms with Crippen molar-refractivity contribution in [3.8, 4) is 17.2 Å². The van der Waals surface area contributed by atoms with Gasteiger partial charge in [-0.05, 0) is 68.0 Å². The van der Waals surface area contributed by atoms with Gasteiger partial charge in [-0.15, -0.1) is 0 Å². The lowest BCUT2D eigenvalue weighted by atomic mass is 9.78. The van der Waals surface area contributed by atoms with Gasteiger partial charge in [0.15, 0.2) is 17.3 Å². The number of aromatic hydroxyl groups is 2. The maximum Gasteiger partial charge on any atom is 0.163 e. The average Bonchev–Trinajstić information content (AvgIpc) is 2.94. The van der Waals surface area contributed by atoms with Crippen LogP contribution in [0.4, 0.5) is 0 Å². The van der Waals surface area contributed by atoms with Crippen LogP contribution in [0.3, 0.4) is 0 Å². The highest BCUT2D eigenvalue weighted by Gasteiger charge is 2.43. The average molecular weight is 356 g/mol. The molecular weight excluding hydrogens is 332 g/mol. The van der Waals surface area contributed by atoms with Gasteiger partial charge >= 0.3 is 0 Å². The van der Waals surface area contributed by atoms with E-state index in [9.17, 15) is 20.1 Å². The van der Waals surface area contributed by atoms with Gasteiger partial charge in [-0.25, -0.2) is 0 Å². The van der Waals surface area contributed by atoms with Gasteiger partial charge in [0.2, 0.25) is 0 Å². The quantitative estimate of drug-likeness (QED) is 0.715. The molecule has 0 spiro atoms. The van der Waals surface area contributed by atoms with Crippen LogP contribution in [0.1, 0.15) is 47.7 Å². The topological polar surface area (TPSA) is 87.0 Å². The van der Waals surface area contributed by atoms with Crippen LogP contribution in [0.25, 0.3) is 0 Å². The van der Waals surface area contributed by atoms with E-state index < -0.39 is 5.60 Å². The summed E-state index contributed by atoms with van der Waals surface area (Å²) in [7, 11) is 1.50. The van der Waals surface area contributed by atoms with E-state index in [2.05, 4.69) is 0 Å². The maximum atomic E-state index is 12.8. The summed E-state index contributed by atoms with van der Waals surface area (Å²) in [5.41, 5.74) is 1.32. The number of carbonyl (C=O) groups is 1. The first kappa shape index (κ1) is 18.3. The first-order valence-corrected chi connectivity index (χ1v) is 8.65. The van der Waals surface area contributed by atoms with Gasteiger partial charge in [0.05, 0.1) is 12.7 Å². The minimum atomic E-state index is -0.987. The number of hydrogen-bond acceptors (Lipinski definition) is 5. The summed E-state index contributed by atoms with van der Waals surface area (Å²) in [5, 5.41) is 30.1. The van der Waals surface area contributed by atoms with Crippen LogP contribution in [-0.2, 0) is 6.42 Å². The lowest BCUT2D eigenvalue weighted by molar-refractivity contribution is 0.00913. The predicted octanol–water partition coefficient (Wildman–Crippen LogP) is 3.41. The van der Waals surface area contributed by atoms with E-state index in [1.54, 1.807) is 32.0 Å². The normalized spacial score (nSPS) is 19.2. The number of benzene rings is 2. The molecule has 2 atom stereocenters. The van der Waals surface area contributed by atoms with Gasteiger partial charge in [-0.1, -0.05) is 6.07 Å². The monoisotopic (exact) mass is 356 g/mol. The third-order valence-electron chi connectivity index (χ3n) is 5.29. The molecule has 5 heteroatoms. The van der Waals surface area contributed by atoms with Crippen molar-refractivity contribution in [3.05, 3.63) is 53.1 Å². The smallest absolute Gasteiger partial charge is 0.163 e. The summed E-state index contributed by atoms with van der Waals surface area (Å²) in [6.07, 6.45) is 0.768. The number of Topliss-reactive ketones (excluding diaryl/α,β-unsaturated/α-hetero) is 1. The van der Waals surface area contributed by atoms with Crippen molar-refractivity contribution in [1.29, 1.82) is 0 Å². The van der Waals surface area contributed by atoms with Gasteiger partial charge in [-0.2, -0.15) is 0 Å². The molecule has 0 unspecified atom stereocenters. The SMILES string of the molecule is COc1c(O)ccc2c1C[C@@H](C(C)(C)O)[C@@H]2CC(=O)c1ccc(O)cc1. The molecule has 1 aliphatic carbocycles. The molecule has 0 fully saturated rings. The second-order valence-electron chi connectivity index (χ2n) is 7.43. The zero-order valence-corrected chi connectivity index (χ0v) is 15.2. The Labute approximate surface area is 152 Å². The highest BCUT2D eigenvalue weighted by atomic mass is 16.5. The fourth-order valence-electron chi connectivity index (χ4n) is 3.95. The number of hydrogen-bond donors (Lipinski definition) is 3. The van der Waals surface area contributed by atoms with Crippen LogP contribution in [0.5, 0.6) is 17.2 Å². The van der Waals surface area contributed by atoms with E-state index in [0.29, 0.717) is 17.7 Å². The zero-order chi connectivity index (χ0) is 19.1. The highest BCUT2D eigenvalue weighted by Crippen LogP contribution is 2.50. The van der Waals surface area contributed by atoms with Crippen LogP contribution in [0, 0.1) is 5.92 Å². The molecule has 0 amide bonds. The summed E-state index contributed by atoms with van der Waals surface area (Å²) < 4.78 is 5.36. The highest BCUT2D eigenvalue weighted by molar-refractivity contribution is 5.96. The molecule has 3 rings (SSSR count). The van der Waals surface area contributed by atoms with E-state index in [-0.39, 0.29) is 35.5 Å². The largest absolute Gasteiger partial charge is 0.508 e. The summed E-state index contributed by atoms with van der Waals surface area (Å²) in [6.45, 7) is 3.49. The minimum absolute atomic E-state index is 0.0517. The molecule has 0 heterocycles. The van der Waals surface area contributed by atoms with Crippen LogP contribution in [-0.4, -0.2) is 33.8 Å². The maximum absolute atomic E-state index is 12.8. The number of ketones is 1. The van der Waals surface area contributed by atoms with Gasteiger partial charge < -0.3 is 20.1 Å². The van der Waals surface area contributed by atoms with Crippen LogP contribution in [0.2, 0.25) is 0 Å². The molecule has 26 heavy (non-hydrogen) atoms. The fraction of sp³-hybridized carbons (Fsp3) is 0.381. The van der Waals surface area contributed by atoms with Crippen molar-refractivity contribution in [2.45, 2.75) is 38.2 Å². The molecule has 2 aromatic carbocycles. The van der Waals surface area contributed by atoms with Crippen molar-refractivity contribution in [2.24, 2.45) is 5.92 Å². The molecule has 0 aliphatic heterocycles. The number of carbonyl (C=O) groups excluding carboxylic acids is 1. The summed E-state index contributed by atoms with van der Waals surface area (Å²) in [4.78, 5) is 12.8. The fourth-order valence-corrected chi connectivity index (χ4v) is 3.95. The lowest BCUT2D eigenvalue weighted by Gasteiger charge is -2.31. The molecule has 2 aromatic rings. The van der Waals surface area contributed by atoms with E-state index >= 15 is 0 Å². The number of ether oxygens (including phenoxy) is 1. The van der Waals surface area contributed by atoms with Crippen LogP contribution >= 0.6 is 0 Å². The molecule has 3 N–H and O–H groups in total. The number of aliphatic hydroxyl groups is 1. The third kappa shape index (κ3) is 3.27. The molecule has 138 valence electrons. The molecule has 0 aromatic heterocycles. The second-order valence-corrected chi connectivity index (χ2v) is 7.43. The van der Waals surface area contributed by atoms with E-state index in [1.807, 2.05) is 6.07 Å². The number of phenols is 2. The van der Waals surface area contributed by atoms with Crippen molar-refractivity contribution in [2.75, 3.05) is 7.11 Å². The zero-order valence-electron chi connectivity index (χ0n) is 15.2. The summed E-state index contributed by atoms with van der Waals surface area (Å²) in [5.74, 6) is 0.184. The first-order chi connectivity index (χ1) is 12.2. The summed E-state index contributed by atoms with van der Waals surface area (Å²) >= 11 is 0. The lowest BCUT2D eigenvalue weighted by Crippen LogP contribution is -2.34. The number of fused-ring (bicyclic) bond motifs is 1. The van der Waals surface area contributed by atoms with E-state index in [1.165, 1.54) is 19.2 Å². The Morgan fingerprint density at radius 3 is 2.38 bits per heavy atom. The van der Waals surface area contributed by atoms with Gasteiger partial charge in [0, 0.05) is 17.5 Å². The third-order valence-corrected chi connectivity index (χ3v) is 5.29. The van der Waals surface area contributed by atoms with Gasteiger partial charge in [0.1, 0.15) is 5.75 Å². The Morgan fingerprint density at radius 1 is 1.15 bits per heavy atom. The summed E-state index contributed by atoms with van der Waals surface area (Å²) in [6, 6.07) is 9.57. The first-order valence-electron chi connectivity index (χ1n) is 8.65. The Bertz CT molecular complexity index is 818. The van der Waals surface area contributed by atoms with Gasteiger partial charge in [0.25, 0.3) is 0 Å². The molecule has 0 saturated heterocycles. The molecular formula is C21H24O5. The predicted molar refractivity (Wildman–Crippen MR) is 97.9 cm³/mol. The molecule has 0 saturated carbocycles. The van der Waals surface area contributed by atoms with Crippen molar-refractivity contribution in [3.63, 3.8) is 0 Å². The Hall–Kier alpha value is -2.53. The Balaban J connectivity index is 1.98. The number of methoxy groups -OCH3 is 1. The minimum Gasteiger partial charge on any atom is -0.508 e. The van der Waals surface area contributed by atoms with Crippen molar-refractivity contribution >= 4 is 5.78 Å². The number of rotatable bonds is 5.